The number of amides is 1. The van der Waals surface area contributed by atoms with Gasteiger partial charge in [-0.1, -0.05) is 30.3 Å². The van der Waals surface area contributed by atoms with Gasteiger partial charge in [0.05, 0.1) is 18.5 Å². The highest BCUT2D eigenvalue weighted by atomic mass is 16.6. The lowest BCUT2D eigenvalue weighted by molar-refractivity contribution is -0.384. The monoisotopic (exact) mass is 314 g/mol. The Morgan fingerprint density at radius 1 is 1.22 bits per heavy atom. The topological polar surface area (TPSA) is 72.7 Å². The van der Waals surface area contributed by atoms with E-state index >= 15 is 0 Å². The van der Waals surface area contributed by atoms with E-state index in [4.69, 9.17) is 4.74 Å². The van der Waals surface area contributed by atoms with Gasteiger partial charge in [-0.05, 0) is 11.6 Å². The van der Waals surface area contributed by atoms with E-state index in [2.05, 4.69) is 0 Å². The molecule has 0 bridgehead atoms. The number of hydrogen-bond donors (Lipinski definition) is 0. The summed E-state index contributed by atoms with van der Waals surface area (Å²) < 4.78 is 5.24. The number of likely N-dealkylation sites (N-methyl/N-ethyl adjacent to an activating group) is 1. The number of ether oxygens (including phenoxy) is 1. The number of benzene rings is 2. The smallest absolute Gasteiger partial charge is 0.269 e. The Labute approximate surface area is 134 Å². The standard InChI is InChI=1S/C17H18N2O4/c1-18(12-13-6-5-8-15(10-13)19(21)22)17(20)11-14-7-3-4-9-16(14)23-2/h3-10H,11-12H2,1-2H3. The van der Waals surface area contributed by atoms with Crippen molar-refractivity contribution in [2.75, 3.05) is 14.2 Å². The fourth-order valence-electron chi connectivity index (χ4n) is 2.28. The molecular weight excluding hydrogens is 296 g/mol. The van der Waals surface area contributed by atoms with Crippen LogP contribution in [0.1, 0.15) is 11.1 Å². The molecule has 6 heteroatoms. The van der Waals surface area contributed by atoms with E-state index in [1.54, 1.807) is 31.2 Å². The summed E-state index contributed by atoms with van der Waals surface area (Å²) in [5.41, 5.74) is 1.55. The first kappa shape index (κ1) is 16.5. The van der Waals surface area contributed by atoms with Crippen LogP contribution in [-0.2, 0) is 17.8 Å². The lowest BCUT2D eigenvalue weighted by atomic mass is 10.1. The fraction of sp³-hybridized carbons (Fsp3) is 0.235. The van der Waals surface area contributed by atoms with Crippen molar-refractivity contribution in [2.45, 2.75) is 13.0 Å². The zero-order chi connectivity index (χ0) is 16.8. The van der Waals surface area contributed by atoms with Crippen LogP contribution in [0.25, 0.3) is 0 Å². The van der Waals surface area contributed by atoms with Crippen molar-refractivity contribution in [1.82, 2.24) is 4.90 Å². The van der Waals surface area contributed by atoms with Crippen LogP contribution in [0.4, 0.5) is 5.69 Å². The molecule has 1 amide bonds. The van der Waals surface area contributed by atoms with Gasteiger partial charge in [-0.3, -0.25) is 14.9 Å². The molecule has 0 aromatic heterocycles. The molecule has 120 valence electrons. The summed E-state index contributed by atoms with van der Waals surface area (Å²) in [7, 11) is 3.24. The van der Waals surface area contributed by atoms with Crippen molar-refractivity contribution >= 4 is 11.6 Å². The van der Waals surface area contributed by atoms with Gasteiger partial charge in [0.25, 0.3) is 5.69 Å². The van der Waals surface area contributed by atoms with Gasteiger partial charge in [-0.2, -0.15) is 0 Å². The highest BCUT2D eigenvalue weighted by molar-refractivity contribution is 5.79. The largest absolute Gasteiger partial charge is 0.496 e. The molecule has 23 heavy (non-hydrogen) atoms. The predicted molar refractivity (Wildman–Crippen MR) is 86.3 cm³/mol. The van der Waals surface area contributed by atoms with Gasteiger partial charge in [0.1, 0.15) is 5.75 Å². The third kappa shape index (κ3) is 4.29. The summed E-state index contributed by atoms with van der Waals surface area (Å²) in [6, 6.07) is 13.6. The Morgan fingerprint density at radius 2 is 1.96 bits per heavy atom. The van der Waals surface area contributed by atoms with Crippen molar-refractivity contribution in [2.24, 2.45) is 0 Å². The van der Waals surface area contributed by atoms with E-state index in [-0.39, 0.29) is 18.0 Å². The molecule has 0 heterocycles. The second-order valence-corrected chi connectivity index (χ2v) is 5.17. The van der Waals surface area contributed by atoms with Gasteiger partial charge in [0.2, 0.25) is 5.91 Å². The molecule has 0 radical (unpaired) electrons. The maximum absolute atomic E-state index is 12.3. The van der Waals surface area contributed by atoms with Gasteiger partial charge in [0, 0.05) is 31.3 Å². The molecular formula is C17H18N2O4. The Bertz CT molecular complexity index is 715. The lowest BCUT2D eigenvalue weighted by Crippen LogP contribution is -2.27. The Balaban J connectivity index is 2.05. The number of hydrogen-bond acceptors (Lipinski definition) is 4. The third-order valence-corrected chi connectivity index (χ3v) is 3.50. The molecule has 0 aliphatic heterocycles. The first-order chi connectivity index (χ1) is 11.0. The molecule has 0 aliphatic carbocycles. The molecule has 0 saturated carbocycles. The molecule has 2 aromatic carbocycles. The van der Waals surface area contributed by atoms with Crippen LogP contribution in [0.3, 0.4) is 0 Å². The van der Waals surface area contributed by atoms with Crippen LogP contribution >= 0.6 is 0 Å². The maximum Gasteiger partial charge on any atom is 0.269 e. The quantitative estimate of drug-likeness (QED) is 0.607. The predicted octanol–water partition coefficient (Wildman–Crippen LogP) is 2.80. The number of nitro groups is 1. The van der Waals surface area contributed by atoms with Crippen LogP contribution in [0.2, 0.25) is 0 Å². The summed E-state index contributed by atoms with van der Waals surface area (Å²) in [5.74, 6) is 0.589. The summed E-state index contributed by atoms with van der Waals surface area (Å²) in [6.45, 7) is 0.315. The molecule has 0 N–H and O–H groups in total. The fourth-order valence-corrected chi connectivity index (χ4v) is 2.28. The van der Waals surface area contributed by atoms with Gasteiger partial charge in [-0.15, -0.1) is 0 Å². The molecule has 0 aliphatic rings. The minimum atomic E-state index is -0.444. The van der Waals surface area contributed by atoms with E-state index in [9.17, 15) is 14.9 Å². The minimum Gasteiger partial charge on any atom is -0.496 e. The van der Waals surface area contributed by atoms with Crippen LogP contribution in [0.15, 0.2) is 48.5 Å². The van der Waals surface area contributed by atoms with E-state index < -0.39 is 4.92 Å². The average molecular weight is 314 g/mol. The van der Waals surface area contributed by atoms with Gasteiger partial charge in [0.15, 0.2) is 0 Å². The van der Waals surface area contributed by atoms with E-state index in [0.717, 1.165) is 11.1 Å². The van der Waals surface area contributed by atoms with Crippen molar-refractivity contribution in [3.8, 4) is 5.75 Å². The first-order valence-corrected chi connectivity index (χ1v) is 7.10. The molecule has 0 unspecified atom stereocenters. The Kier molecular flexibility index (Phi) is 5.30. The molecule has 2 aromatic rings. The Morgan fingerprint density at radius 3 is 2.65 bits per heavy atom. The van der Waals surface area contributed by atoms with Crippen LogP contribution < -0.4 is 4.74 Å². The number of carbonyl (C=O) groups is 1. The van der Waals surface area contributed by atoms with Crippen LogP contribution in [0, 0.1) is 10.1 Å². The zero-order valence-electron chi connectivity index (χ0n) is 13.1. The number of nitrogens with zero attached hydrogens (tertiary/aromatic N) is 2. The van der Waals surface area contributed by atoms with Crippen molar-refractivity contribution in [1.29, 1.82) is 0 Å². The van der Waals surface area contributed by atoms with Gasteiger partial charge < -0.3 is 9.64 Å². The Hall–Kier alpha value is -2.89. The maximum atomic E-state index is 12.3. The van der Waals surface area contributed by atoms with E-state index in [0.29, 0.717) is 12.3 Å². The van der Waals surface area contributed by atoms with Gasteiger partial charge in [-0.25, -0.2) is 0 Å². The summed E-state index contributed by atoms with van der Waals surface area (Å²) in [5, 5.41) is 10.8. The second kappa shape index (κ2) is 7.40. The average Bonchev–Trinajstić information content (AvgIpc) is 2.55. The second-order valence-electron chi connectivity index (χ2n) is 5.17. The van der Waals surface area contributed by atoms with Crippen LogP contribution in [-0.4, -0.2) is 29.9 Å². The molecule has 0 spiro atoms. The van der Waals surface area contributed by atoms with E-state index in [1.165, 1.54) is 12.1 Å². The number of para-hydroxylation sites is 1. The van der Waals surface area contributed by atoms with Crippen molar-refractivity contribution < 1.29 is 14.5 Å². The summed E-state index contributed by atoms with van der Waals surface area (Å²) in [4.78, 5) is 24.2. The highest BCUT2D eigenvalue weighted by Crippen LogP contribution is 2.19. The summed E-state index contributed by atoms with van der Waals surface area (Å²) >= 11 is 0. The highest BCUT2D eigenvalue weighted by Gasteiger charge is 2.14. The molecule has 0 saturated heterocycles. The number of rotatable bonds is 6. The van der Waals surface area contributed by atoms with Crippen LogP contribution in [0.5, 0.6) is 5.75 Å². The van der Waals surface area contributed by atoms with Crippen molar-refractivity contribution in [3.63, 3.8) is 0 Å². The minimum absolute atomic E-state index is 0.0214. The zero-order valence-corrected chi connectivity index (χ0v) is 13.1. The molecule has 6 nitrogen and oxygen atoms in total. The van der Waals surface area contributed by atoms with Gasteiger partial charge >= 0.3 is 0 Å². The molecule has 2 rings (SSSR count). The molecule has 0 fully saturated rings. The lowest BCUT2D eigenvalue weighted by Gasteiger charge is -2.18. The number of nitro benzene ring substituents is 1. The number of methoxy groups -OCH3 is 1. The first-order valence-electron chi connectivity index (χ1n) is 7.10. The number of carbonyl (C=O) groups excluding carboxylic acids is 1. The van der Waals surface area contributed by atoms with E-state index in [1.807, 2.05) is 24.3 Å². The summed E-state index contributed by atoms with van der Waals surface area (Å²) in [6.07, 6.45) is 0.218. The SMILES string of the molecule is COc1ccccc1CC(=O)N(C)Cc1cccc([N+](=O)[O-])c1. The molecule has 0 atom stereocenters. The number of non-ortho nitro benzene ring substituents is 1. The normalized spacial score (nSPS) is 10.2. The van der Waals surface area contributed by atoms with Crippen molar-refractivity contribution in [3.05, 3.63) is 69.8 Å². The third-order valence-electron chi connectivity index (χ3n) is 3.50.